The highest BCUT2D eigenvalue weighted by atomic mass is 35.5. The van der Waals surface area contributed by atoms with Gasteiger partial charge in [-0.3, -0.25) is 0 Å². The number of rotatable bonds is 3. The van der Waals surface area contributed by atoms with Crippen LogP contribution in [0.3, 0.4) is 0 Å². The van der Waals surface area contributed by atoms with Crippen LogP contribution in [-0.2, 0) is 0 Å². The van der Waals surface area contributed by atoms with Crippen molar-refractivity contribution in [2.75, 3.05) is 6.54 Å². The van der Waals surface area contributed by atoms with Gasteiger partial charge in [-0.05, 0) is 34.7 Å². The lowest BCUT2D eigenvalue weighted by atomic mass is 9.94. The summed E-state index contributed by atoms with van der Waals surface area (Å²) in [5.74, 6) is 0.644. The Labute approximate surface area is 133 Å². The molecule has 110 valence electrons. The van der Waals surface area contributed by atoms with Crippen molar-refractivity contribution in [3.63, 3.8) is 0 Å². The molecule has 2 aromatic rings. The minimum Gasteiger partial charge on any atom is -0.306 e. The minimum absolute atomic E-state index is 0. The Kier molecular flexibility index (Phi) is 5.22. The summed E-state index contributed by atoms with van der Waals surface area (Å²) in [4.78, 5) is 0. The third-order valence-electron chi connectivity index (χ3n) is 3.79. The number of fused-ring (bicyclic) bond motifs is 2. The van der Waals surface area contributed by atoms with Gasteiger partial charge in [0.05, 0.1) is 6.04 Å². The van der Waals surface area contributed by atoms with Gasteiger partial charge < -0.3 is 5.32 Å². The first-order valence-corrected chi connectivity index (χ1v) is 7.35. The average molecular weight is 300 g/mol. The fourth-order valence-electron chi connectivity index (χ4n) is 2.77. The lowest BCUT2D eigenvalue weighted by Gasteiger charge is -2.23. The molecule has 3 rings (SSSR count). The lowest BCUT2D eigenvalue weighted by molar-refractivity contribution is 0.512. The van der Waals surface area contributed by atoms with Crippen LogP contribution in [0.25, 0.3) is 12.2 Å². The number of hydrogen-bond donors (Lipinski definition) is 1. The standard InChI is InChI=1S/C19H21N.ClH/c1-14(2)13-20-19-17-9-5-3-7-15(17)11-12-16-8-4-6-10-18(16)19;/h3-12,14,19-20H,13H2,1-2H3;1H. The van der Waals surface area contributed by atoms with Crippen molar-refractivity contribution in [2.45, 2.75) is 19.9 Å². The van der Waals surface area contributed by atoms with Crippen LogP contribution in [0.4, 0.5) is 0 Å². The summed E-state index contributed by atoms with van der Waals surface area (Å²) in [5, 5.41) is 3.73. The van der Waals surface area contributed by atoms with Gasteiger partial charge in [0.25, 0.3) is 0 Å². The van der Waals surface area contributed by atoms with E-state index in [0.717, 1.165) is 6.54 Å². The summed E-state index contributed by atoms with van der Waals surface area (Å²) in [6.07, 6.45) is 4.45. The second kappa shape index (κ2) is 6.93. The Bertz CT molecular complexity index is 581. The maximum atomic E-state index is 3.73. The highest BCUT2D eigenvalue weighted by molar-refractivity contribution is 5.85. The van der Waals surface area contributed by atoms with Gasteiger partial charge in [-0.1, -0.05) is 74.5 Å². The lowest BCUT2D eigenvalue weighted by Crippen LogP contribution is -2.27. The molecule has 0 saturated heterocycles. The van der Waals surface area contributed by atoms with E-state index in [2.05, 4.69) is 79.8 Å². The predicted octanol–water partition coefficient (Wildman–Crippen LogP) is 4.93. The van der Waals surface area contributed by atoms with Gasteiger partial charge >= 0.3 is 0 Å². The van der Waals surface area contributed by atoms with Crippen LogP contribution in [0.2, 0.25) is 0 Å². The molecule has 0 spiro atoms. The van der Waals surface area contributed by atoms with Crippen molar-refractivity contribution in [1.82, 2.24) is 5.32 Å². The topological polar surface area (TPSA) is 12.0 Å². The van der Waals surface area contributed by atoms with Gasteiger partial charge in [0.15, 0.2) is 0 Å². The molecule has 1 aliphatic carbocycles. The molecule has 0 unspecified atom stereocenters. The second-order valence-electron chi connectivity index (χ2n) is 5.83. The zero-order valence-electron chi connectivity index (χ0n) is 12.5. The maximum Gasteiger partial charge on any atom is 0.0588 e. The van der Waals surface area contributed by atoms with E-state index >= 15 is 0 Å². The first-order chi connectivity index (χ1) is 9.75. The molecule has 0 fully saturated rings. The first kappa shape index (κ1) is 15.8. The quantitative estimate of drug-likeness (QED) is 0.847. The molecule has 1 nitrogen and oxygen atoms in total. The maximum absolute atomic E-state index is 3.73. The van der Waals surface area contributed by atoms with E-state index in [1.165, 1.54) is 22.3 Å². The zero-order chi connectivity index (χ0) is 13.9. The zero-order valence-corrected chi connectivity index (χ0v) is 13.4. The van der Waals surface area contributed by atoms with E-state index < -0.39 is 0 Å². The fraction of sp³-hybridized carbons (Fsp3) is 0.263. The molecule has 0 atom stereocenters. The summed E-state index contributed by atoms with van der Waals surface area (Å²) in [6.45, 7) is 5.52. The molecule has 0 radical (unpaired) electrons. The molecular weight excluding hydrogens is 278 g/mol. The van der Waals surface area contributed by atoms with Crippen LogP contribution in [0.5, 0.6) is 0 Å². The van der Waals surface area contributed by atoms with Crippen LogP contribution < -0.4 is 5.32 Å². The summed E-state index contributed by atoms with van der Waals surface area (Å²) >= 11 is 0. The molecule has 2 heteroatoms. The van der Waals surface area contributed by atoms with Crippen molar-refractivity contribution in [2.24, 2.45) is 5.92 Å². The van der Waals surface area contributed by atoms with Gasteiger partial charge in [-0.2, -0.15) is 0 Å². The molecule has 1 N–H and O–H groups in total. The highest BCUT2D eigenvalue weighted by Gasteiger charge is 2.20. The average Bonchev–Trinajstić information content (AvgIpc) is 2.62. The molecule has 0 amide bonds. The van der Waals surface area contributed by atoms with Gasteiger partial charge in [-0.15, -0.1) is 12.4 Å². The molecule has 0 aromatic heterocycles. The highest BCUT2D eigenvalue weighted by Crippen LogP contribution is 2.32. The van der Waals surface area contributed by atoms with Crippen molar-refractivity contribution >= 4 is 24.6 Å². The van der Waals surface area contributed by atoms with Crippen molar-refractivity contribution < 1.29 is 0 Å². The first-order valence-electron chi connectivity index (χ1n) is 7.35. The molecule has 0 aliphatic heterocycles. The van der Waals surface area contributed by atoms with Crippen molar-refractivity contribution in [3.05, 3.63) is 70.8 Å². The van der Waals surface area contributed by atoms with Crippen molar-refractivity contribution in [1.29, 1.82) is 0 Å². The van der Waals surface area contributed by atoms with Crippen LogP contribution in [-0.4, -0.2) is 6.54 Å². The van der Waals surface area contributed by atoms with E-state index in [-0.39, 0.29) is 18.4 Å². The Morgan fingerprint density at radius 2 is 1.33 bits per heavy atom. The second-order valence-corrected chi connectivity index (χ2v) is 5.83. The van der Waals surface area contributed by atoms with Gasteiger partial charge in [0.1, 0.15) is 0 Å². The molecule has 0 heterocycles. The van der Waals surface area contributed by atoms with E-state index in [4.69, 9.17) is 0 Å². The smallest absolute Gasteiger partial charge is 0.0588 e. The normalized spacial score (nSPS) is 13.3. The molecule has 21 heavy (non-hydrogen) atoms. The van der Waals surface area contributed by atoms with Gasteiger partial charge in [-0.25, -0.2) is 0 Å². The predicted molar refractivity (Wildman–Crippen MR) is 93.7 cm³/mol. The minimum atomic E-state index is 0. The monoisotopic (exact) mass is 299 g/mol. The number of nitrogens with one attached hydrogen (secondary N) is 1. The number of halogens is 1. The summed E-state index contributed by atoms with van der Waals surface area (Å²) in [5.41, 5.74) is 5.36. The number of benzene rings is 2. The molecular formula is C19H22ClN. The van der Waals surface area contributed by atoms with Crippen molar-refractivity contribution in [3.8, 4) is 0 Å². The SMILES string of the molecule is CC(C)CNC1c2ccccc2C=Cc2ccccc21.Cl. The summed E-state index contributed by atoms with van der Waals surface area (Å²) < 4.78 is 0. The van der Waals surface area contributed by atoms with Crippen LogP contribution in [0.15, 0.2) is 48.5 Å². The van der Waals surface area contributed by atoms with Crippen LogP contribution in [0.1, 0.15) is 42.1 Å². The van der Waals surface area contributed by atoms with Crippen LogP contribution in [0, 0.1) is 5.92 Å². The largest absolute Gasteiger partial charge is 0.306 e. The van der Waals surface area contributed by atoms with E-state index in [9.17, 15) is 0 Å². The third kappa shape index (κ3) is 3.37. The van der Waals surface area contributed by atoms with Crippen LogP contribution >= 0.6 is 12.4 Å². The number of hydrogen-bond acceptors (Lipinski definition) is 1. The summed E-state index contributed by atoms with van der Waals surface area (Å²) in [6, 6.07) is 17.6. The van der Waals surface area contributed by atoms with Gasteiger partial charge in [0, 0.05) is 0 Å². The molecule has 0 bridgehead atoms. The molecule has 2 aromatic carbocycles. The Morgan fingerprint density at radius 1 is 0.857 bits per heavy atom. The third-order valence-corrected chi connectivity index (χ3v) is 3.79. The molecule has 0 saturated carbocycles. The van der Waals surface area contributed by atoms with E-state index in [1.807, 2.05) is 0 Å². The van der Waals surface area contributed by atoms with E-state index in [0.29, 0.717) is 5.92 Å². The van der Waals surface area contributed by atoms with Gasteiger partial charge in [0.2, 0.25) is 0 Å². The Morgan fingerprint density at radius 3 is 1.81 bits per heavy atom. The van der Waals surface area contributed by atoms with E-state index in [1.54, 1.807) is 0 Å². The fourth-order valence-corrected chi connectivity index (χ4v) is 2.77. The summed E-state index contributed by atoms with van der Waals surface area (Å²) in [7, 11) is 0. The molecule has 1 aliphatic rings. The Balaban J connectivity index is 0.00000161. The Hall–Kier alpha value is -1.57.